The van der Waals surface area contributed by atoms with Gasteiger partial charge in [-0.3, -0.25) is 4.79 Å². The maximum Gasteiger partial charge on any atom is 0.257 e. The van der Waals surface area contributed by atoms with Gasteiger partial charge in [-0.1, -0.05) is 12.1 Å². The number of hydrogen-bond donors (Lipinski definition) is 0. The topological polar surface area (TPSA) is 40.9 Å². The molecular weight excluding hydrogens is 319 g/mol. The van der Waals surface area contributed by atoms with Gasteiger partial charge in [0.1, 0.15) is 11.5 Å². The van der Waals surface area contributed by atoms with E-state index in [-0.39, 0.29) is 11.7 Å². The van der Waals surface area contributed by atoms with E-state index in [4.69, 9.17) is 0 Å². The molecule has 0 radical (unpaired) electrons. The minimum absolute atomic E-state index is 0.0237. The predicted molar refractivity (Wildman–Crippen MR) is 94.4 cm³/mol. The van der Waals surface area contributed by atoms with Crippen LogP contribution >= 0.6 is 0 Å². The number of fused-ring (bicyclic) bond motifs is 1. The van der Waals surface area contributed by atoms with Crippen molar-refractivity contribution in [1.29, 1.82) is 0 Å². The maximum atomic E-state index is 13.9. The Morgan fingerprint density at radius 1 is 1.08 bits per heavy atom. The Kier molecular flexibility index (Phi) is 3.87. The summed E-state index contributed by atoms with van der Waals surface area (Å²) in [7, 11) is 0. The molecule has 0 unspecified atom stereocenters. The van der Waals surface area contributed by atoms with Gasteiger partial charge in [0.2, 0.25) is 0 Å². The molecule has 6 heteroatoms. The zero-order chi connectivity index (χ0) is 17.4. The van der Waals surface area contributed by atoms with Crippen molar-refractivity contribution < 1.29 is 9.18 Å². The monoisotopic (exact) mass is 338 g/mol. The fourth-order valence-electron chi connectivity index (χ4n) is 3.33. The quantitative estimate of drug-likeness (QED) is 0.721. The summed E-state index contributed by atoms with van der Waals surface area (Å²) >= 11 is 0. The third-order valence-corrected chi connectivity index (χ3v) is 4.59. The van der Waals surface area contributed by atoms with Gasteiger partial charge >= 0.3 is 0 Å². The molecule has 1 fully saturated rings. The van der Waals surface area contributed by atoms with Crippen molar-refractivity contribution in [3.63, 3.8) is 0 Å². The molecule has 1 aromatic carbocycles. The first kappa shape index (κ1) is 15.6. The highest BCUT2D eigenvalue weighted by Crippen LogP contribution is 2.21. The third-order valence-electron chi connectivity index (χ3n) is 4.59. The smallest absolute Gasteiger partial charge is 0.257 e. The number of para-hydroxylation sites is 1. The van der Waals surface area contributed by atoms with Crippen LogP contribution in [0.1, 0.15) is 16.1 Å². The van der Waals surface area contributed by atoms with Crippen molar-refractivity contribution in [3.8, 4) is 0 Å². The summed E-state index contributed by atoms with van der Waals surface area (Å²) in [5.74, 6) is -0.246. The number of halogens is 1. The van der Waals surface area contributed by atoms with Crippen molar-refractivity contribution in [2.75, 3.05) is 31.1 Å². The highest BCUT2D eigenvalue weighted by atomic mass is 19.1. The zero-order valence-corrected chi connectivity index (χ0v) is 14.0. The molecule has 5 nitrogen and oxygen atoms in total. The number of aromatic nitrogens is 2. The molecule has 3 aromatic rings. The molecule has 0 N–H and O–H groups in total. The van der Waals surface area contributed by atoms with E-state index in [9.17, 15) is 9.18 Å². The molecule has 0 spiro atoms. The lowest BCUT2D eigenvalue weighted by Gasteiger charge is -2.36. The Balaban J connectivity index is 1.52. The van der Waals surface area contributed by atoms with Crippen LogP contribution in [0.4, 0.5) is 10.1 Å². The minimum atomic E-state index is -0.222. The molecule has 2 aromatic heterocycles. The summed E-state index contributed by atoms with van der Waals surface area (Å²) in [5.41, 5.74) is 2.77. The Labute approximate surface area is 145 Å². The number of pyridine rings is 1. The van der Waals surface area contributed by atoms with Gasteiger partial charge < -0.3 is 14.2 Å². The number of anilines is 1. The van der Waals surface area contributed by atoms with Crippen LogP contribution in [0.15, 0.2) is 48.8 Å². The van der Waals surface area contributed by atoms with Crippen molar-refractivity contribution >= 4 is 17.2 Å². The number of piperazine rings is 1. The summed E-state index contributed by atoms with van der Waals surface area (Å²) < 4.78 is 15.8. The van der Waals surface area contributed by atoms with Gasteiger partial charge in [0, 0.05) is 38.6 Å². The number of benzene rings is 1. The summed E-state index contributed by atoms with van der Waals surface area (Å²) in [6.45, 7) is 4.27. The van der Waals surface area contributed by atoms with Crippen LogP contribution in [0.2, 0.25) is 0 Å². The second-order valence-electron chi connectivity index (χ2n) is 6.27. The van der Waals surface area contributed by atoms with E-state index in [2.05, 4.69) is 4.98 Å². The van der Waals surface area contributed by atoms with E-state index in [0.717, 1.165) is 5.69 Å². The normalized spacial score (nSPS) is 15.0. The highest BCUT2D eigenvalue weighted by Gasteiger charge is 2.25. The molecule has 0 saturated carbocycles. The van der Waals surface area contributed by atoms with Gasteiger partial charge in [0.05, 0.1) is 16.9 Å². The molecular formula is C19H19FN4O. The molecule has 0 bridgehead atoms. The lowest BCUT2D eigenvalue weighted by Crippen LogP contribution is -2.49. The molecule has 1 aliphatic rings. The number of imidazole rings is 1. The lowest BCUT2D eigenvalue weighted by molar-refractivity contribution is 0.0748. The van der Waals surface area contributed by atoms with Gasteiger partial charge in [-0.25, -0.2) is 9.37 Å². The first-order chi connectivity index (χ1) is 12.1. The second-order valence-corrected chi connectivity index (χ2v) is 6.27. The van der Waals surface area contributed by atoms with E-state index in [1.807, 2.05) is 51.7 Å². The van der Waals surface area contributed by atoms with Gasteiger partial charge in [0.25, 0.3) is 5.91 Å². The van der Waals surface area contributed by atoms with Crippen LogP contribution in [0.25, 0.3) is 5.65 Å². The van der Waals surface area contributed by atoms with E-state index in [1.54, 1.807) is 12.1 Å². The molecule has 1 amide bonds. The summed E-state index contributed by atoms with van der Waals surface area (Å²) in [4.78, 5) is 21.2. The van der Waals surface area contributed by atoms with E-state index < -0.39 is 0 Å². The molecule has 0 aliphatic carbocycles. The standard InChI is InChI=1S/C19H19FN4O/c1-14-13-24-8-4-5-15(18(24)21-14)19(25)23-11-9-22(10-12-23)17-7-3-2-6-16(17)20/h2-8,13H,9-12H2,1H3. The third kappa shape index (κ3) is 2.84. The van der Waals surface area contributed by atoms with Gasteiger partial charge in [-0.05, 0) is 31.2 Å². The van der Waals surface area contributed by atoms with Gasteiger partial charge in [0.15, 0.2) is 0 Å². The van der Waals surface area contributed by atoms with Crippen LogP contribution < -0.4 is 4.90 Å². The highest BCUT2D eigenvalue weighted by molar-refractivity contribution is 6.00. The van der Waals surface area contributed by atoms with Crippen LogP contribution in [-0.4, -0.2) is 46.4 Å². The Morgan fingerprint density at radius 3 is 2.60 bits per heavy atom. The number of hydrogen-bond acceptors (Lipinski definition) is 3. The molecule has 3 heterocycles. The van der Waals surface area contributed by atoms with E-state index >= 15 is 0 Å². The number of aryl methyl sites for hydroxylation is 1. The van der Waals surface area contributed by atoms with Crippen LogP contribution in [0.5, 0.6) is 0 Å². The molecule has 25 heavy (non-hydrogen) atoms. The van der Waals surface area contributed by atoms with Gasteiger partial charge in [-0.15, -0.1) is 0 Å². The molecule has 4 rings (SSSR count). The first-order valence-electron chi connectivity index (χ1n) is 8.36. The average molecular weight is 338 g/mol. The number of carbonyl (C=O) groups excluding carboxylic acids is 1. The molecule has 1 saturated heterocycles. The Hall–Kier alpha value is -2.89. The molecule has 1 aliphatic heterocycles. The van der Waals surface area contributed by atoms with Crippen molar-refractivity contribution in [2.24, 2.45) is 0 Å². The number of nitrogens with zero attached hydrogens (tertiary/aromatic N) is 4. The first-order valence-corrected chi connectivity index (χ1v) is 8.36. The summed E-state index contributed by atoms with van der Waals surface area (Å²) in [5, 5.41) is 0. The molecule has 128 valence electrons. The van der Waals surface area contributed by atoms with Crippen molar-refractivity contribution in [1.82, 2.24) is 14.3 Å². The van der Waals surface area contributed by atoms with E-state index in [1.165, 1.54) is 6.07 Å². The van der Waals surface area contributed by atoms with Crippen molar-refractivity contribution in [3.05, 3.63) is 65.9 Å². The fraction of sp³-hybridized carbons (Fsp3) is 0.263. The maximum absolute atomic E-state index is 13.9. The van der Waals surface area contributed by atoms with Crippen molar-refractivity contribution in [2.45, 2.75) is 6.92 Å². The average Bonchev–Trinajstić information content (AvgIpc) is 3.02. The number of carbonyl (C=O) groups is 1. The summed E-state index contributed by atoms with van der Waals surface area (Å²) in [6, 6.07) is 10.4. The second kappa shape index (κ2) is 6.20. The fourth-order valence-corrected chi connectivity index (χ4v) is 3.33. The Bertz CT molecular complexity index is 928. The minimum Gasteiger partial charge on any atom is -0.366 e. The number of rotatable bonds is 2. The van der Waals surface area contributed by atoms with Crippen LogP contribution in [-0.2, 0) is 0 Å². The Morgan fingerprint density at radius 2 is 1.84 bits per heavy atom. The summed E-state index contributed by atoms with van der Waals surface area (Å²) in [6.07, 6.45) is 3.80. The largest absolute Gasteiger partial charge is 0.366 e. The number of amides is 1. The van der Waals surface area contributed by atoms with Crippen LogP contribution in [0.3, 0.4) is 0 Å². The van der Waals surface area contributed by atoms with Crippen LogP contribution in [0, 0.1) is 12.7 Å². The lowest BCUT2D eigenvalue weighted by atomic mass is 10.2. The zero-order valence-electron chi connectivity index (χ0n) is 14.0. The predicted octanol–water partition coefficient (Wildman–Crippen LogP) is 2.74. The van der Waals surface area contributed by atoms with E-state index in [0.29, 0.717) is 43.1 Å². The SMILES string of the molecule is Cc1cn2cccc(C(=O)N3CCN(c4ccccc4F)CC3)c2n1. The molecule has 0 atom stereocenters. The van der Waals surface area contributed by atoms with Gasteiger partial charge in [-0.2, -0.15) is 0 Å².